The molecule has 0 spiro atoms. The molecule has 0 bridgehead atoms. The predicted molar refractivity (Wildman–Crippen MR) is 103 cm³/mol. The van der Waals surface area contributed by atoms with Gasteiger partial charge in [-0.25, -0.2) is 0 Å². The number of rotatable bonds is 6. The van der Waals surface area contributed by atoms with Crippen molar-refractivity contribution in [3.05, 3.63) is 65.5 Å². The van der Waals surface area contributed by atoms with Gasteiger partial charge in [0.15, 0.2) is 5.78 Å². The number of halogens is 3. The summed E-state index contributed by atoms with van der Waals surface area (Å²) >= 11 is 0. The molecule has 1 aromatic heterocycles. The lowest BCUT2D eigenvalue weighted by Crippen LogP contribution is -2.34. The molecule has 3 rings (SSSR count). The Morgan fingerprint density at radius 1 is 1.14 bits per heavy atom. The topological polar surface area (TPSA) is 50.3 Å². The number of carbonyl (C=O) groups is 2. The van der Waals surface area contributed by atoms with Gasteiger partial charge in [0.25, 0.3) is 0 Å². The van der Waals surface area contributed by atoms with Gasteiger partial charge in [-0.3, -0.25) is 14.6 Å². The van der Waals surface area contributed by atoms with Crippen molar-refractivity contribution < 1.29 is 22.8 Å². The molecule has 2 heterocycles. The molecule has 1 aliphatic heterocycles. The fourth-order valence-corrected chi connectivity index (χ4v) is 3.71. The minimum Gasteiger partial charge on any atom is -0.306 e. The average Bonchev–Trinajstić information content (AvgIpc) is 2.72. The monoisotopic (exact) mass is 404 g/mol. The Hall–Kier alpha value is -2.54. The quantitative estimate of drug-likeness (QED) is 0.671. The molecule has 1 atom stereocenters. The zero-order valence-corrected chi connectivity index (χ0v) is 16.2. The Morgan fingerprint density at radius 2 is 1.79 bits per heavy atom. The van der Waals surface area contributed by atoms with Gasteiger partial charge in [-0.1, -0.05) is 12.1 Å². The van der Waals surface area contributed by atoms with Crippen LogP contribution >= 0.6 is 0 Å². The van der Waals surface area contributed by atoms with Crippen LogP contribution in [-0.4, -0.2) is 41.6 Å². The van der Waals surface area contributed by atoms with E-state index < -0.39 is 23.4 Å². The SMILES string of the molecule is CN1CCC(C(=O)CC(C(=O)c2cccc(C(F)(F)F)c2)c2ccncc2)CC1. The number of piperidine rings is 1. The summed E-state index contributed by atoms with van der Waals surface area (Å²) in [6, 6.07) is 7.65. The van der Waals surface area contributed by atoms with Crippen LogP contribution in [0.25, 0.3) is 0 Å². The molecule has 154 valence electrons. The molecule has 29 heavy (non-hydrogen) atoms. The largest absolute Gasteiger partial charge is 0.416 e. The Labute approximate surface area is 167 Å². The third kappa shape index (κ3) is 5.29. The summed E-state index contributed by atoms with van der Waals surface area (Å²) in [6.07, 6.45) is -0.0598. The van der Waals surface area contributed by atoms with E-state index in [1.165, 1.54) is 24.5 Å². The molecule has 4 nitrogen and oxygen atoms in total. The third-order valence-corrected chi connectivity index (χ3v) is 5.48. The summed E-state index contributed by atoms with van der Waals surface area (Å²) < 4.78 is 39.2. The summed E-state index contributed by atoms with van der Waals surface area (Å²) in [5.74, 6) is -1.44. The second-order valence-electron chi connectivity index (χ2n) is 7.52. The minimum atomic E-state index is -4.54. The first kappa shape index (κ1) is 21.2. The Bertz CT molecular complexity index is 860. The molecule has 1 saturated heterocycles. The van der Waals surface area contributed by atoms with Gasteiger partial charge in [0, 0.05) is 30.3 Å². The molecule has 2 aromatic rings. The molecular weight excluding hydrogens is 381 g/mol. The van der Waals surface area contributed by atoms with Crippen LogP contribution < -0.4 is 0 Å². The Morgan fingerprint density at radius 3 is 2.41 bits per heavy atom. The Kier molecular flexibility index (Phi) is 6.47. The van der Waals surface area contributed by atoms with Gasteiger partial charge >= 0.3 is 6.18 Å². The molecule has 1 aliphatic rings. The van der Waals surface area contributed by atoms with Crippen LogP contribution in [0.3, 0.4) is 0 Å². The van der Waals surface area contributed by atoms with Crippen LogP contribution in [0.15, 0.2) is 48.8 Å². The van der Waals surface area contributed by atoms with Crippen molar-refractivity contribution >= 4 is 11.6 Å². The van der Waals surface area contributed by atoms with E-state index in [0.717, 1.165) is 38.1 Å². The summed E-state index contributed by atoms with van der Waals surface area (Å²) in [5, 5.41) is 0. The summed E-state index contributed by atoms with van der Waals surface area (Å²) in [5.41, 5.74) is -0.333. The highest BCUT2D eigenvalue weighted by molar-refractivity contribution is 6.03. The van der Waals surface area contributed by atoms with Crippen molar-refractivity contribution in [2.45, 2.75) is 31.4 Å². The molecule has 1 unspecified atom stereocenters. The standard InChI is InChI=1S/C22H23F3N2O2/c1-27-11-7-16(8-12-27)20(28)14-19(15-5-9-26-10-6-15)21(29)17-3-2-4-18(13-17)22(23,24)25/h2-6,9-10,13,16,19H,7-8,11-12,14H2,1H3. The van der Waals surface area contributed by atoms with E-state index in [0.29, 0.717) is 5.56 Å². The number of benzene rings is 1. The van der Waals surface area contributed by atoms with Crippen molar-refractivity contribution in [3.8, 4) is 0 Å². The highest BCUT2D eigenvalue weighted by Crippen LogP contribution is 2.32. The summed E-state index contributed by atoms with van der Waals surface area (Å²) in [4.78, 5) is 32.1. The van der Waals surface area contributed by atoms with E-state index in [-0.39, 0.29) is 23.7 Å². The van der Waals surface area contributed by atoms with Crippen molar-refractivity contribution in [1.82, 2.24) is 9.88 Å². The fraction of sp³-hybridized carbons (Fsp3) is 0.409. The van der Waals surface area contributed by atoms with Crippen LogP contribution in [-0.2, 0) is 11.0 Å². The van der Waals surface area contributed by atoms with Gasteiger partial charge in [-0.15, -0.1) is 0 Å². The number of likely N-dealkylation sites (tertiary alicyclic amines) is 1. The molecule has 0 N–H and O–H groups in total. The first-order chi connectivity index (χ1) is 13.8. The number of alkyl halides is 3. The maximum atomic E-state index is 13.1. The maximum absolute atomic E-state index is 13.1. The number of ketones is 2. The summed E-state index contributed by atoms with van der Waals surface area (Å²) in [6.45, 7) is 1.63. The average molecular weight is 404 g/mol. The molecule has 1 fully saturated rings. The smallest absolute Gasteiger partial charge is 0.306 e. The van der Waals surface area contributed by atoms with Gasteiger partial charge in [0.2, 0.25) is 0 Å². The highest BCUT2D eigenvalue weighted by atomic mass is 19.4. The van der Waals surface area contributed by atoms with Crippen molar-refractivity contribution in [2.24, 2.45) is 5.92 Å². The molecule has 7 heteroatoms. The van der Waals surface area contributed by atoms with Gasteiger partial charge in [0.1, 0.15) is 5.78 Å². The van der Waals surface area contributed by atoms with E-state index in [1.807, 2.05) is 7.05 Å². The molecule has 0 saturated carbocycles. The minimum absolute atomic E-state index is 0.0137. The van der Waals surface area contributed by atoms with Crippen molar-refractivity contribution in [1.29, 1.82) is 0 Å². The second-order valence-corrected chi connectivity index (χ2v) is 7.52. The van der Waals surface area contributed by atoms with Crippen LogP contribution in [0.1, 0.15) is 46.7 Å². The molecular formula is C22H23F3N2O2. The number of carbonyl (C=O) groups excluding carboxylic acids is 2. The van der Waals surface area contributed by atoms with Gasteiger partial charge in [-0.05, 0) is 62.8 Å². The zero-order valence-electron chi connectivity index (χ0n) is 16.2. The van der Waals surface area contributed by atoms with E-state index in [2.05, 4.69) is 9.88 Å². The first-order valence-electron chi connectivity index (χ1n) is 9.58. The van der Waals surface area contributed by atoms with Gasteiger partial charge < -0.3 is 4.90 Å². The van der Waals surface area contributed by atoms with E-state index in [1.54, 1.807) is 12.1 Å². The van der Waals surface area contributed by atoms with Crippen LogP contribution in [0.2, 0.25) is 0 Å². The molecule has 1 aromatic carbocycles. The van der Waals surface area contributed by atoms with Gasteiger partial charge in [-0.2, -0.15) is 13.2 Å². The fourth-order valence-electron chi connectivity index (χ4n) is 3.71. The van der Waals surface area contributed by atoms with E-state index >= 15 is 0 Å². The second kappa shape index (κ2) is 8.86. The zero-order chi connectivity index (χ0) is 21.0. The van der Waals surface area contributed by atoms with Crippen molar-refractivity contribution in [2.75, 3.05) is 20.1 Å². The Balaban J connectivity index is 1.86. The van der Waals surface area contributed by atoms with Gasteiger partial charge in [0.05, 0.1) is 11.5 Å². The third-order valence-electron chi connectivity index (χ3n) is 5.48. The number of hydrogen-bond donors (Lipinski definition) is 0. The molecule has 0 aliphatic carbocycles. The lowest BCUT2D eigenvalue weighted by molar-refractivity contribution is -0.137. The van der Waals surface area contributed by atoms with Crippen LogP contribution in [0.4, 0.5) is 13.2 Å². The molecule has 0 amide bonds. The van der Waals surface area contributed by atoms with Crippen LogP contribution in [0.5, 0.6) is 0 Å². The number of hydrogen-bond acceptors (Lipinski definition) is 4. The van der Waals surface area contributed by atoms with E-state index in [9.17, 15) is 22.8 Å². The number of Topliss-reactive ketones (excluding diaryl/α,β-unsaturated/α-hetero) is 2. The first-order valence-corrected chi connectivity index (χ1v) is 9.58. The normalized spacial score (nSPS) is 17.1. The lowest BCUT2D eigenvalue weighted by Gasteiger charge is -2.29. The summed E-state index contributed by atoms with van der Waals surface area (Å²) in [7, 11) is 2.00. The predicted octanol–water partition coefficient (Wildman–Crippen LogP) is 4.37. The number of nitrogens with zero attached hydrogens (tertiary/aromatic N) is 2. The maximum Gasteiger partial charge on any atom is 0.416 e. The lowest BCUT2D eigenvalue weighted by atomic mass is 9.82. The number of aromatic nitrogens is 1. The molecule has 0 radical (unpaired) electrons. The van der Waals surface area contributed by atoms with Crippen LogP contribution in [0, 0.1) is 5.92 Å². The highest BCUT2D eigenvalue weighted by Gasteiger charge is 2.33. The van der Waals surface area contributed by atoms with E-state index in [4.69, 9.17) is 0 Å². The number of pyridine rings is 1. The van der Waals surface area contributed by atoms with Crippen molar-refractivity contribution in [3.63, 3.8) is 0 Å².